The first-order valence-electron chi connectivity index (χ1n) is 12.5. The SMILES string of the molecule is Cc1cc(C)c[n+](CCCCCc2cccc(CCCCC[n+]3cc(C)cc(C)c3)c2)c1. The first kappa shape index (κ1) is 24.2. The van der Waals surface area contributed by atoms with Crippen molar-refractivity contribution >= 4 is 0 Å². The maximum Gasteiger partial charge on any atom is 0.171 e. The Morgan fingerprint density at radius 3 is 1.31 bits per heavy atom. The average molecular weight is 431 g/mol. The molecule has 0 atom stereocenters. The van der Waals surface area contributed by atoms with Gasteiger partial charge in [-0.3, -0.25) is 0 Å². The summed E-state index contributed by atoms with van der Waals surface area (Å²) in [7, 11) is 0. The molecule has 170 valence electrons. The fraction of sp³-hybridized carbons (Fsp3) is 0.467. The summed E-state index contributed by atoms with van der Waals surface area (Å²) in [5.41, 5.74) is 8.42. The van der Waals surface area contributed by atoms with Crippen LogP contribution >= 0.6 is 0 Å². The van der Waals surface area contributed by atoms with Gasteiger partial charge in [0.15, 0.2) is 24.8 Å². The molecule has 0 unspecified atom stereocenters. The van der Waals surface area contributed by atoms with Crippen molar-refractivity contribution in [1.82, 2.24) is 0 Å². The standard InChI is InChI=1S/C30H42N2/c1-25-18-26(2)22-31(21-25)16-9-5-7-12-29-14-11-15-30(20-29)13-8-6-10-17-32-23-27(3)19-28(4)24-32/h11,14-15,18-24H,5-10,12-13,16-17H2,1-4H3/q+2. The Labute approximate surface area is 196 Å². The fourth-order valence-corrected chi connectivity index (χ4v) is 4.79. The van der Waals surface area contributed by atoms with Gasteiger partial charge < -0.3 is 0 Å². The second-order valence-corrected chi connectivity index (χ2v) is 9.70. The maximum atomic E-state index is 2.44. The molecule has 0 aliphatic rings. The maximum absolute atomic E-state index is 2.44. The lowest BCUT2D eigenvalue weighted by molar-refractivity contribution is -0.698. The van der Waals surface area contributed by atoms with Crippen LogP contribution in [0.3, 0.4) is 0 Å². The van der Waals surface area contributed by atoms with E-state index in [0.29, 0.717) is 0 Å². The van der Waals surface area contributed by atoms with Crippen LogP contribution in [0.2, 0.25) is 0 Å². The number of unbranched alkanes of at least 4 members (excludes halogenated alkanes) is 4. The van der Waals surface area contributed by atoms with Crippen molar-refractivity contribution in [3.63, 3.8) is 0 Å². The number of aromatic nitrogens is 2. The summed E-state index contributed by atoms with van der Waals surface area (Å²) in [6.45, 7) is 11.0. The quantitative estimate of drug-likeness (QED) is 0.235. The first-order chi connectivity index (χ1) is 15.5. The smallest absolute Gasteiger partial charge is 0.171 e. The molecule has 3 rings (SSSR count). The molecule has 32 heavy (non-hydrogen) atoms. The molecule has 2 nitrogen and oxygen atoms in total. The van der Waals surface area contributed by atoms with E-state index in [2.05, 4.69) is 98.0 Å². The molecule has 2 heteroatoms. The van der Waals surface area contributed by atoms with Gasteiger partial charge in [0.1, 0.15) is 13.1 Å². The molecule has 3 aromatic rings. The third-order valence-electron chi connectivity index (χ3n) is 6.14. The number of rotatable bonds is 12. The zero-order chi connectivity index (χ0) is 22.8. The minimum Gasteiger partial charge on any atom is -0.205 e. The number of nitrogens with zero attached hydrogens (tertiary/aromatic N) is 2. The highest BCUT2D eigenvalue weighted by Gasteiger charge is 2.05. The van der Waals surface area contributed by atoms with Crippen molar-refractivity contribution in [3.05, 3.63) is 94.6 Å². The Balaban J connectivity index is 1.32. The van der Waals surface area contributed by atoms with E-state index in [1.807, 2.05) is 0 Å². The summed E-state index contributed by atoms with van der Waals surface area (Å²) in [5.74, 6) is 0. The molecule has 0 aliphatic heterocycles. The van der Waals surface area contributed by atoms with E-state index in [4.69, 9.17) is 0 Å². The summed E-state index contributed by atoms with van der Waals surface area (Å²) in [6.07, 6.45) is 19.1. The second kappa shape index (κ2) is 12.5. The van der Waals surface area contributed by atoms with Crippen LogP contribution in [0, 0.1) is 27.7 Å². The highest BCUT2D eigenvalue weighted by atomic mass is 14.9. The molecule has 0 N–H and O–H groups in total. The third-order valence-corrected chi connectivity index (χ3v) is 6.14. The molecular weight excluding hydrogens is 388 g/mol. The molecular formula is C30H42N2+2. The van der Waals surface area contributed by atoms with Crippen LogP contribution in [0.5, 0.6) is 0 Å². The first-order valence-corrected chi connectivity index (χ1v) is 12.5. The van der Waals surface area contributed by atoms with Crippen molar-refractivity contribution in [1.29, 1.82) is 0 Å². The molecule has 0 aliphatic carbocycles. The highest BCUT2D eigenvalue weighted by molar-refractivity contribution is 5.23. The van der Waals surface area contributed by atoms with Gasteiger partial charge in [-0.1, -0.05) is 24.3 Å². The van der Waals surface area contributed by atoms with Gasteiger partial charge in [0.2, 0.25) is 0 Å². The van der Waals surface area contributed by atoms with Crippen LogP contribution in [-0.4, -0.2) is 0 Å². The molecule has 2 aromatic heterocycles. The van der Waals surface area contributed by atoms with E-state index in [1.165, 1.54) is 84.7 Å². The summed E-state index contributed by atoms with van der Waals surface area (Å²) in [4.78, 5) is 0. The topological polar surface area (TPSA) is 7.76 Å². The van der Waals surface area contributed by atoms with Crippen molar-refractivity contribution in [3.8, 4) is 0 Å². The van der Waals surface area contributed by atoms with Gasteiger partial charge in [0.05, 0.1) is 0 Å². The normalized spacial score (nSPS) is 11.1. The van der Waals surface area contributed by atoms with Gasteiger partial charge in [-0.05, 0) is 89.5 Å². The third kappa shape index (κ3) is 8.57. The van der Waals surface area contributed by atoms with Gasteiger partial charge in [-0.2, -0.15) is 0 Å². The van der Waals surface area contributed by atoms with E-state index < -0.39 is 0 Å². The molecule has 0 saturated carbocycles. The van der Waals surface area contributed by atoms with E-state index >= 15 is 0 Å². The summed E-state index contributed by atoms with van der Waals surface area (Å²) >= 11 is 0. The number of pyridine rings is 2. The van der Waals surface area contributed by atoms with Crippen LogP contribution in [0.15, 0.2) is 61.2 Å². The molecule has 0 amide bonds. The summed E-state index contributed by atoms with van der Waals surface area (Å²) < 4.78 is 4.70. The molecule has 0 bridgehead atoms. The van der Waals surface area contributed by atoms with Crippen LogP contribution in [-0.2, 0) is 25.9 Å². The van der Waals surface area contributed by atoms with E-state index in [9.17, 15) is 0 Å². The Kier molecular flexibility index (Phi) is 9.46. The molecule has 2 heterocycles. The lowest BCUT2D eigenvalue weighted by atomic mass is 10.0. The Bertz CT molecular complexity index is 873. The summed E-state index contributed by atoms with van der Waals surface area (Å²) in [5, 5.41) is 0. The Morgan fingerprint density at radius 1 is 0.500 bits per heavy atom. The van der Waals surface area contributed by atoms with Gasteiger partial charge in [-0.15, -0.1) is 0 Å². The van der Waals surface area contributed by atoms with Gasteiger partial charge in [0.25, 0.3) is 0 Å². The molecule has 0 saturated heterocycles. The van der Waals surface area contributed by atoms with E-state index in [0.717, 1.165) is 13.1 Å². The molecule has 0 fully saturated rings. The minimum atomic E-state index is 1.13. The number of hydrogen-bond donors (Lipinski definition) is 0. The van der Waals surface area contributed by atoms with E-state index in [1.54, 1.807) is 0 Å². The van der Waals surface area contributed by atoms with Crippen LogP contribution < -0.4 is 9.13 Å². The van der Waals surface area contributed by atoms with Gasteiger partial charge >= 0.3 is 0 Å². The molecule has 1 aromatic carbocycles. The van der Waals surface area contributed by atoms with Crippen molar-refractivity contribution < 1.29 is 9.13 Å². The van der Waals surface area contributed by atoms with Crippen molar-refractivity contribution in [2.75, 3.05) is 0 Å². The lowest BCUT2D eigenvalue weighted by Crippen LogP contribution is -2.33. The number of hydrogen-bond acceptors (Lipinski definition) is 0. The molecule has 0 spiro atoms. The second-order valence-electron chi connectivity index (χ2n) is 9.70. The van der Waals surface area contributed by atoms with Crippen LogP contribution in [0.1, 0.15) is 71.9 Å². The Hall–Kier alpha value is -2.48. The van der Waals surface area contributed by atoms with E-state index in [-0.39, 0.29) is 0 Å². The average Bonchev–Trinajstić information content (AvgIpc) is 2.72. The van der Waals surface area contributed by atoms with Gasteiger partial charge in [0, 0.05) is 35.1 Å². The lowest BCUT2D eigenvalue weighted by Gasteiger charge is -2.06. The fourth-order valence-electron chi connectivity index (χ4n) is 4.79. The number of aryl methyl sites for hydroxylation is 8. The van der Waals surface area contributed by atoms with Gasteiger partial charge in [-0.25, -0.2) is 9.13 Å². The monoisotopic (exact) mass is 430 g/mol. The predicted molar refractivity (Wildman–Crippen MR) is 134 cm³/mol. The minimum absolute atomic E-state index is 1.13. The zero-order valence-corrected chi connectivity index (χ0v) is 20.7. The van der Waals surface area contributed by atoms with Crippen molar-refractivity contribution in [2.45, 2.75) is 92.2 Å². The zero-order valence-electron chi connectivity index (χ0n) is 20.7. The predicted octanol–water partition coefficient (Wildman–Crippen LogP) is 6.32. The van der Waals surface area contributed by atoms with Crippen LogP contribution in [0.4, 0.5) is 0 Å². The highest BCUT2D eigenvalue weighted by Crippen LogP contribution is 2.13. The number of benzene rings is 1. The largest absolute Gasteiger partial charge is 0.205 e. The summed E-state index contributed by atoms with van der Waals surface area (Å²) in [6, 6.07) is 13.8. The van der Waals surface area contributed by atoms with Crippen molar-refractivity contribution in [2.24, 2.45) is 0 Å². The Morgan fingerprint density at radius 2 is 0.906 bits per heavy atom. The molecule has 0 radical (unpaired) electrons. The van der Waals surface area contributed by atoms with Crippen LogP contribution in [0.25, 0.3) is 0 Å².